The summed E-state index contributed by atoms with van der Waals surface area (Å²) in [6, 6.07) is 4.49. The molecule has 152 valence electrons. The highest BCUT2D eigenvalue weighted by molar-refractivity contribution is 6.30. The van der Waals surface area contributed by atoms with Crippen LogP contribution in [0.4, 0.5) is 10.3 Å². The first-order valence-electron chi connectivity index (χ1n) is 9.24. The minimum Gasteiger partial charge on any atom is -0.428 e. The third-order valence-corrected chi connectivity index (χ3v) is 5.13. The number of benzene rings is 1. The number of likely N-dealkylation sites (tertiary alicyclic amines) is 1. The van der Waals surface area contributed by atoms with Gasteiger partial charge < -0.3 is 15.0 Å². The van der Waals surface area contributed by atoms with E-state index in [0.29, 0.717) is 11.5 Å². The zero-order valence-corrected chi connectivity index (χ0v) is 16.8. The van der Waals surface area contributed by atoms with Gasteiger partial charge in [0, 0.05) is 23.7 Å². The fraction of sp³-hybridized carbons (Fsp3) is 0.368. The summed E-state index contributed by atoms with van der Waals surface area (Å²) in [5, 5.41) is 16.5. The molecule has 1 saturated heterocycles. The van der Waals surface area contributed by atoms with Gasteiger partial charge in [0.2, 0.25) is 5.95 Å². The number of likely N-dealkylation sites (N-methyl/N-ethyl adjacent to an activating group) is 1. The van der Waals surface area contributed by atoms with E-state index >= 15 is 0 Å². The number of carbonyl (C=O) groups is 1. The Bertz CT molecular complexity index is 1070. The number of fused-ring (bicyclic) bond motifs is 1. The molecular formula is C19H20ClFN6O2. The lowest BCUT2D eigenvalue weighted by Gasteiger charge is -2.30. The van der Waals surface area contributed by atoms with E-state index in [4.69, 9.17) is 16.3 Å². The molecule has 1 N–H and O–H groups in total. The highest BCUT2D eigenvalue weighted by atomic mass is 35.5. The third-order valence-electron chi connectivity index (χ3n) is 4.91. The number of ether oxygens (including phenoxy) is 1. The first-order chi connectivity index (χ1) is 14.0. The molecule has 29 heavy (non-hydrogen) atoms. The molecule has 4 rings (SSSR count). The van der Waals surface area contributed by atoms with Gasteiger partial charge in [-0.25, -0.2) is 4.39 Å². The van der Waals surface area contributed by atoms with Gasteiger partial charge >= 0.3 is 0 Å². The second-order valence-corrected chi connectivity index (χ2v) is 7.61. The Morgan fingerprint density at radius 2 is 2.17 bits per heavy atom. The second-order valence-electron chi connectivity index (χ2n) is 7.18. The predicted molar refractivity (Wildman–Crippen MR) is 107 cm³/mol. The fourth-order valence-corrected chi connectivity index (χ4v) is 3.87. The van der Waals surface area contributed by atoms with Crippen LogP contribution in [0, 0.1) is 12.7 Å². The Balaban J connectivity index is 1.81. The van der Waals surface area contributed by atoms with Crippen LogP contribution in [-0.4, -0.2) is 57.4 Å². The molecule has 0 radical (unpaired) electrons. The molecule has 1 fully saturated rings. The highest BCUT2D eigenvalue weighted by Crippen LogP contribution is 2.36. The molecule has 0 aliphatic carbocycles. The van der Waals surface area contributed by atoms with Crippen LogP contribution in [0.3, 0.4) is 0 Å². The molecule has 1 aromatic carbocycles. The summed E-state index contributed by atoms with van der Waals surface area (Å²) in [6.07, 6.45) is 2.10. The molecule has 1 atom stereocenters. The molecule has 0 saturated carbocycles. The van der Waals surface area contributed by atoms with E-state index in [1.807, 2.05) is 6.92 Å². The SMILES string of the molecule is Cc1cc2c(-c3c(F)cc(Cl)cc3OC=O)nnc(N[C@@H]3CCCN(C)C3)n2n1. The van der Waals surface area contributed by atoms with Crippen molar-refractivity contribution in [3.8, 4) is 17.0 Å². The first-order valence-corrected chi connectivity index (χ1v) is 9.62. The van der Waals surface area contributed by atoms with E-state index in [2.05, 4.69) is 32.6 Å². The molecule has 1 aliphatic heterocycles. The van der Waals surface area contributed by atoms with Crippen LogP contribution in [-0.2, 0) is 4.79 Å². The summed E-state index contributed by atoms with van der Waals surface area (Å²) in [5.41, 5.74) is 1.48. The maximum Gasteiger partial charge on any atom is 0.298 e. The number of rotatable bonds is 5. The zero-order valence-electron chi connectivity index (χ0n) is 16.0. The standard InChI is InChI=1S/C19H20ClFN6O2/c1-11-6-15-18(17-14(21)7-12(20)8-16(17)29-10-28)23-24-19(27(15)25-11)22-13-4-3-5-26(2)9-13/h6-8,10,13H,3-5,9H2,1-2H3,(H,22,24)/t13-/m1/s1. The minimum atomic E-state index is -0.668. The van der Waals surface area contributed by atoms with Gasteiger partial charge in [0.05, 0.1) is 16.8 Å². The summed E-state index contributed by atoms with van der Waals surface area (Å²) in [5.74, 6) is -0.224. The molecule has 0 spiro atoms. The van der Waals surface area contributed by atoms with Gasteiger partial charge in [-0.2, -0.15) is 9.61 Å². The summed E-state index contributed by atoms with van der Waals surface area (Å²) in [7, 11) is 2.08. The molecule has 3 aromatic rings. The fourth-order valence-electron chi connectivity index (χ4n) is 3.68. The maximum atomic E-state index is 14.8. The van der Waals surface area contributed by atoms with E-state index in [1.54, 1.807) is 10.6 Å². The van der Waals surface area contributed by atoms with Gasteiger partial charge in [-0.3, -0.25) is 4.79 Å². The summed E-state index contributed by atoms with van der Waals surface area (Å²) in [6.45, 7) is 4.00. The Hall–Kier alpha value is -2.78. The van der Waals surface area contributed by atoms with Crippen molar-refractivity contribution in [1.82, 2.24) is 24.7 Å². The van der Waals surface area contributed by atoms with Crippen LogP contribution >= 0.6 is 11.6 Å². The second kappa shape index (κ2) is 7.92. The third kappa shape index (κ3) is 3.88. The smallest absolute Gasteiger partial charge is 0.298 e. The molecule has 0 amide bonds. The number of anilines is 1. The topological polar surface area (TPSA) is 84.6 Å². The van der Waals surface area contributed by atoms with Crippen molar-refractivity contribution in [2.24, 2.45) is 0 Å². The van der Waals surface area contributed by atoms with Crippen LogP contribution in [0.5, 0.6) is 5.75 Å². The molecule has 2 aromatic heterocycles. The van der Waals surface area contributed by atoms with Crippen LogP contribution < -0.4 is 10.1 Å². The van der Waals surface area contributed by atoms with Gasteiger partial charge in [-0.1, -0.05) is 11.6 Å². The average molecular weight is 419 g/mol. The molecule has 3 heterocycles. The van der Waals surface area contributed by atoms with Crippen LogP contribution in [0.15, 0.2) is 18.2 Å². The van der Waals surface area contributed by atoms with Crippen molar-refractivity contribution in [1.29, 1.82) is 0 Å². The van der Waals surface area contributed by atoms with E-state index in [1.165, 1.54) is 6.07 Å². The molecule has 8 nitrogen and oxygen atoms in total. The maximum absolute atomic E-state index is 14.8. The number of carbonyl (C=O) groups excluding carboxylic acids is 1. The number of hydrogen-bond donors (Lipinski definition) is 1. The normalized spacial score (nSPS) is 17.4. The monoisotopic (exact) mass is 418 g/mol. The number of aromatic nitrogens is 4. The number of aryl methyl sites for hydroxylation is 1. The zero-order chi connectivity index (χ0) is 20.5. The number of halogens is 2. The Labute approximate surface area is 171 Å². The van der Waals surface area contributed by atoms with E-state index in [0.717, 1.165) is 37.7 Å². The molecular weight excluding hydrogens is 399 g/mol. The minimum absolute atomic E-state index is 0.00264. The Morgan fingerprint density at radius 3 is 2.93 bits per heavy atom. The molecule has 0 bridgehead atoms. The molecule has 1 aliphatic rings. The van der Waals surface area contributed by atoms with E-state index < -0.39 is 5.82 Å². The van der Waals surface area contributed by atoms with Gasteiger partial charge in [0.1, 0.15) is 17.3 Å². The number of hydrogen-bond acceptors (Lipinski definition) is 7. The van der Waals surface area contributed by atoms with Crippen molar-refractivity contribution in [3.05, 3.63) is 34.7 Å². The number of nitrogens with zero attached hydrogens (tertiary/aromatic N) is 5. The number of piperidine rings is 1. The Kier molecular flexibility index (Phi) is 5.33. The molecule has 10 heteroatoms. The lowest BCUT2D eigenvalue weighted by molar-refractivity contribution is -0.120. The largest absolute Gasteiger partial charge is 0.428 e. The van der Waals surface area contributed by atoms with Gasteiger partial charge in [-0.05, 0) is 45.5 Å². The van der Waals surface area contributed by atoms with E-state index in [-0.39, 0.29) is 34.5 Å². The van der Waals surface area contributed by atoms with Crippen molar-refractivity contribution < 1.29 is 13.9 Å². The predicted octanol–water partition coefficient (Wildman–Crippen LogP) is 2.93. The highest BCUT2D eigenvalue weighted by Gasteiger charge is 2.23. The lowest BCUT2D eigenvalue weighted by Crippen LogP contribution is -2.40. The summed E-state index contributed by atoms with van der Waals surface area (Å²) in [4.78, 5) is 13.1. The van der Waals surface area contributed by atoms with E-state index in [9.17, 15) is 9.18 Å². The number of nitrogens with one attached hydrogen (secondary N) is 1. The molecule has 0 unspecified atom stereocenters. The average Bonchev–Trinajstić information content (AvgIpc) is 3.05. The lowest BCUT2D eigenvalue weighted by atomic mass is 10.1. The van der Waals surface area contributed by atoms with Crippen molar-refractivity contribution in [2.45, 2.75) is 25.8 Å². The van der Waals surface area contributed by atoms with Crippen molar-refractivity contribution in [3.63, 3.8) is 0 Å². The summed E-state index contributed by atoms with van der Waals surface area (Å²) < 4.78 is 21.3. The summed E-state index contributed by atoms with van der Waals surface area (Å²) >= 11 is 5.91. The quantitative estimate of drug-likeness (QED) is 0.637. The van der Waals surface area contributed by atoms with Crippen LogP contribution in [0.1, 0.15) is 18.5 Å². The van der Waals surface area contributed by atoms with Crippen molar-refractivity contribution >= 4 is 29.5 Å². The van der Waals surface area contributed by atoms with Gasteiger partial charge in [0.15, 0.2) is 0 Å². The van der Waals surface area contributed by atoms with Crippen LogP contribution in [0.2, 0.25) is 5.02 Å². The Morgan fingerprint density at radius 1 is 1.34 bits per heavy atom. The van der Waals surface area contributed by atoms with Gasteiger partial charge in [-0.15, -0.1) is 10.2 Å². The van der Waals surface area contributed by atoms with Gasteiger partial charge in [0.25, 0.3) is 6.47 Å². The van der Waals surface area contributed by atoms with Crippen LogP contribution in [0.25, 0.3) is 16.8 Å². The van der Waals surface area contributed by atoms with Crippen molar-refractivity contribution in [2.75, 3.05) is 25.5 Å². The first kappa shape index (κ1) is 19.5.